The molecule has 1 aliphatic heterocycles. The number of rotatable bonds is 10. The summed E-state index contributed by atoms with van der Waals surface area (Å²) in [5.41, 5.74) is 0.395. The minimum absolute atomic E-state index is 0.143. The fourth-order valence-corrected chi connectivity index (χ4v) is 3.64. The molecular weight excluding hydrogens is 430 g/mol. The van der Waals surface area contributed by atoms with E-state index in [1.807, 2.05) is 12.1 Å². The molecule has 3 rings (SSSR count). The first-order chi connectivity index (χ1) is 15.8. The van der Waals surface area contributed by atoms with Gasteiger partial charge < -0.3 is 24.4 Å². The summed E-state index contributed by atoms with van der Waals surface area (Å²) < 4.78 is 10.3. The highest BCUT2D eigenvalue weighted by atomic mass is 16.6. The van der Waals surface area contributed by atoms with Gasteiger partial charge in [-0.2, -0.15) is 0 Å². The van der Waals surface area contributed by atoms with Gasteiger partial charge in [0.15, 0.2) is 0 Å². The Bertz CT molecular complexity index is 1050. The van der Waals surface area contributed by atoms with E-state index in [1.165, 1.54) is 17.0 Å². The number of carbonyl (C=O) groups is 2. The Balaban J connectivity index is 2.00. The van der Waals surface area contributed by atoms with Crippen LogP contribution in [0.4, 0.5) is 11.4 Å². The standard InChI is InChI=1S/C23H25N3O7/c1-32-13-3-10-24-11-12-25(19-9-6-17(23(28)29)15-20(19)26(30)31)21(22(24)27)14-16-4-7-18(33-2)8-5-16/h4-9,11-12,15,21H,3,10,13-14H2,1-2H3,(H,28,29)/t21-/m0/s1. The van der Waals surface area contributed by atoms with Crippen LogP contribution in [0.15, 0.2) is 54.9 Å². The van der Waals surface area contributed by atoms with E-state index in [0.717, 1.165) is 11.6 Å². The molecule has 1 amide bonds. The number of methoxy groups -OCH3 is 2. The van der Waals surface area contributed by atoms with Crippen molar-refractivity contribution >= 4 is 23.3 Å². The molecule has 33 heavy (non-hydrogen) atoms. The highest BCUT2D eigenvalue weighted by Gasteiger charge is 2.35. The fourth-order valence-electron chi connectivity index (χ4n) is 3.64. The summed E-state index contributed by atoms with van der Waals surface area (Å²) in [6.07, 6.45) is 4.11. The third kappa shape index (κ3) is 5.47. The molecule has 174 valence electrons. The van der Waals surface area contributed by atoms with Crippen LogP contribution in [0.3, 0.4) is 0 Å². The molecule has 0 bridgehead atoms. The largest absolute Gasteiger partial charge is 0.497 e. The Morgan fingerprint density at radius 3 is 2.48 bits per heavy atom. The predicted octanol–water partition coefficient (Wildman–Crippen LogP) is 3.07. The average Bonchev–Trinajstić information content (AvgIpc) is 2.81. The molecule has 1 aliphatic rings. The van der Waals surface area contributed by atoms with Crippen LogP contribution >= 0.6 is 0 Å². The molecule has 10 heteroatoms. The van der Waals surface area contributed by atoms with E-state index >= 15 is 0 Å². The number of carboxylic acid groups (broad SMARTS) is 1. The first-order valence-electron chi connectivity index (χ1n) is 10.3. The van der Waals surface area contributed by atoms with Crippen LogP contribution in [0.2, 0.25) is 0 Å². The number of amides is 1. The number of carbonyl (C=O) groups excluding carboxylic acids is 1. The van der Waals surface area contributed by atoms with Gasteiger partial charge in [0.1, 0.15) is 17.5 Å². The second-order valence-electron chi connectivity index (χ2n) is 7.42. The second-order valence-corrected chi connectivity index (χ2v) is 7.42. The maximum Gasteiger partial charge on any atom is 0.335 e. The lowest BCUT2D eigenvalue weighted by atomic mass is 10.0. The third-order valence-electron chi connectivity index (χ3n) is 5.34. The monoisotopic (exact) mass is 455 g/mol. The molecule has 2 aromatic rings. The van der Waals surface area contributed by atoms with Gasteiger partial charge in [0.05, 0.1) is 17.6 Å². The molecule has 0 unspecified atom stereocenters. The smallest absolute Gasteiger partial charge is 0.335 e. The van der Waals surface area contributed by atoms with Crippen LogP contribution in [0, 0.1) is 10.1 Å². The Morgan fingerprint density at radius 2 is 1.88 bits per heavy atom. The Labute approximate surface area is 190 Å². The zero-order valence-electron chi connectivity index (χ0n) is 18.3. The van der Waals surface area contributed by atoms with Crippen LogP contribution in [-0.4, -0.2) is 60.2 Å². The molecular formula is C23H25N3O7. The molecule has 0 radical (unpaired) electrons. The van der Waals surface area contributed by atoms with Gasteiger partial charge in [-0.1, -0.05) is 12.1 Å². The van der Waals surface area contributed by atoms with Crippen LogP contribution in [0.5, 0.6) is 5.75 Å². The number of ether oxygens (including phenoxy) is 2. The number of nitro groups is 1. The molecule has 0 saturated heterocycles. The summed E-state index contributed by atoms with van der Waals surface area (Å²) in [5.74, 6) is -0.818. The normalized spacial score (nSPS) is 15.6. The number of hydrogen-bond acceptors (Lipinski definition) is 7. The summed E-state index contributed by atoms with van der Waals surface area (Å²) >= 11 is 0. The van der Waals surface area contributed by atoms with Gasteiger partial charge in [-0.15, -0.1) is 0 Å². The van der Waals surface area contributed by atoms with E-state index in [9.17, 15) is 24.8 Å². The SMILES string of the molecule is COCCCN1C=CN(c2ccc(C(=O)O)cc2[N+](=O)[O-])[C@@H](Cc2ccc(OC)cc2)C1=O. The van der Waals surface area contributed by atoms with Crippen LogP contribution in [-0.2, 0) is 16.0 Å². The minimum Gasteiger partial charge on any atom is -0.497 e. The molecule has 10 nitrogen and oxygen atoms in total. The number of aromatic carboxylic acids is 1. The molecule has 1 heterocycles. The molecule has 2 aromatic carbocycles. The van der Waals surface area contributed by atoms with Gasteiger partial charge in [-0.25, -0.2) is 4.79 Å². The summed E-state index contributed by atoms with van der Waals surface area (Å²) in [6, 6.07) is 10.1. The Kier molecular flexibility index (Phi) is 7.62. The van der Waals surface area contributed by atoms with Gasteiger partial charge in [0.2, 0.25) is 5.91 Å². The van der Waals surface area contributed by atoms with E-state index < -0.39 is 16.9 Å². The second kappa shape index (κ2) is 10.6. The van der Waals surface area contributed by atoms with E-state index in [1.54, 1.807) is 43.7 Å². The number of nitrogens with zero attached hydrogens (tertiary/aromatic N) is 3. The van der Waals surface area contributed by atoms with Crippen molar-refractivity contribution in [2.75, 3.05) is 32.3 Å². The van der Waals surface area contributed by atoms with Gasteiger partial charge in [-0.3, -0.25) is 14.9 Å². The summed E-state index contributed by atoms with van der Waals surface area (Å²) in [5, 5.41) is 21.0. The van der Waals surface area contributed by atoms with Gasteiger partial charge in [0, 0.05) is 45.1 Å². The molecule has 0 aromatic heterocycles. The summed E-state index contributed by atoms with van der Waals surface area (Å²) in [7, 11) is 3.14. The van der Waals surface area contributed by atoms with Crippen molar-refractivity contribution in [1.82, 2.24) is 4.90 Å². The van der Waals surface area contributed by atoms with Crippen molar-refractivity contribution < 1.29 is 29.1 Å². The highest BCUT2D eigenvalue weighted by molar-refractivity contribution is 5.92. The van der Waals surface area contributed by atoms with Crippen LogP contribution in [0.1, 0.15) is 22.3 Å². The van der Waals surface area contributed by atoms with E-state index in [2.05, 4.69) is 0 Å². The first kappa shape index (κ1) is 23.7. The van der Waals surface area contributed by atoms with Crippen molar-refractivity contribution in [2.45, 2.75) is 18.9 Å². The quantitative estimate of drug-likeness (QED) is 0.329. The maximum atomic E-state index is 13.4. The predicted molar refractivity (Wildman–Crippen MR) is 120 cm³/mol. The lowest BCUT2D eigenvalue weighted by Crippen LogP contribution is -2.50. The van der Waals surface area contributed by atoms with Gasteiger partial charge in [-0.05, 0) is 36.2 Å². The average molecular weight is 455 g/mol. The van der Waals surface area contributed by atoms with Gasteiger partial charge >= 0.3 is 5.97 Å². The van der Waals surface area contributed by atoms with Crippen LogP contribution < -0.4 is 9.64 Å². The van der Waals surface area contributed by atoms with Crippen molar-refractivity contribution in [1.29, 1.82) is 0 Å². The molecule has 0 aliphatic carbocycles. The Morgan fingerprint density at radius 1 is 1.15 bits per heavy atom. The topological polar surface area (TPSA) is 122 Å². The van der Waals surface area contributed by atoms with Crippen molar-refractivity contribution in [3.05, 3.63) is 76.1 Å². The molecule has 1 atom stereocenters. The van der Waals surface area contributed by atoms with E-state index in [0.29, 0.717) is 25.3 Å². The zero-order chi connectivity index (χ0) is 24.0. The van der Waals surface area contributed by atoms with E-state index in [-0.39, 0.29) is 29.3 Å². The number of nitro benzene ring substituents is 1. The lowest BCUT2D eigenvalue weighted by Gasteiger charge is -2.37. The lowest BCUT2D eigenvalue weighted by molar-refractivity contribution is -0.384. The maximum absolute atomic E-state index is 13.4. The molecule has 0 fully saturated rings. The fraction of sp³-hybridized carbons (Fsp3) is 0.304. The number of anilines is 1. The van der Waals surface area contributed by atoms with Gasteiger partial charge in [0.25, 0.3) is 5.69 Å². The Hall–Kier alpha value is -3.92. The number of carboxylic acids is 1. The van der Waals surface area contributed by atoms with Crippen molar-refractivity contribution in [2.24, 2.45) is 0 Å². The van der Waals surface area contributed by atoms with E-state index in [4.69, 9.17) is 9.47 Å². The zero-order valence-corrected chi connectivity index (χ0v) is 18.3. The summed E-state index contributed by atoms with van der Waals surface area (Å²) in [4.78, 5) is 38.9. The number of hydrogen-bond donors (Lipinski definition) is 1. The third-order valence-corrected chi connectivity index (χ3v) is 5.34. The first-order valence-corrected chi connectivity index (χ1v) is 10.3. The minimum atomic E-state index is -1.27. The molecule has 0 saturated carbocycles. The van der Waals surface area contributed by atoms with Crippen molar-refractivity contribution in [3.63, 3.8) is 0 Å². The molecule has 1 N–H and O–H groups in total. The molecule has 0 spiro atoms. The summed E-state index contributed by atoms with van der Waals surface area (Å²) in [6.45, 7) is 0.933. The number of benzene rings is 2. The van der Waals surface area contributed by atoms with Crippen molar-refractivity contribution in [3.8, 4) is 5.75 Å². The highest BCUT2D eigenvalue weighted by Crippen LogP contribution is 2.34. The van der Waals surface area contributed by atoms with Crippen LogP contribution in [0.25, 0.3) is 0 Å².